The largest absolute Gasteiger partial charge is 0.456 e. The lowest BCUT2D eigenvalue weighted by Gasteiger charge is -2.09. The van der Waals surface area contributed by atoms with Crippen molar-refractivity contribution in [1.29, 1.82) is 0 Å². The average molecular weight is 291 g/mol. The Balaban J connectivity index is 2.05. The number of hydrogen-bond donors (Lipinski definition) is 1. The SMILES string of the molecule is Cc1cc(C(O)c2cc3cccc(Cl)c3o2)ccc1F. The van der Waals surface area contributed by atoms with Crippen molar-refractivity contribution >= 4 is 22.6 Å². The van der Waals surface area contributed by atoms with E-state index in [1.807, 2.05) is 12.1 Å². The first-order valence-electron chi connectivity index (χ1n) is 6.18. The third kappa shape index (κ3) is 2.19. The molecule has 1 atom stereocenters. The zero-order valence-corrected chi connectivity index (χ0v) is 11.5. The molecule has 4 heteroatoms. The fourth-order valence-electron chi connectivity index (χ4n) is 2.18. The number of aliphatic hydroxyl groups is 1. The summed E-state index contributed by atoms with van der Waals surface area (Å²) in [5.74, 6) is 0.0905. The minimum atomic E-state index is -0.947. The Morgan fingerprint density at radius 1 is 1.20 bits per heavy atom. The van der Waals surface area contributed by atoms with Gasteiger partial charge in [0.25, 0.3) is 0 Å². The van der Waals surface area contributed by atoms with Crippen LogP contribution in [0.3, 0.4) is 0 Å². The summed E-state index contributed by atoms with van der Waals surface area (Å²) in [6.45, 7) is 1.65. The van der Waals surface area contributed by atoms with E-state index in [1.54, 1.807) is 31.2 Å². The minimum absolute atomic E-state index is 0.298. The lowest BCUT2D eigenvalue weighted by molar-refractivity contribution is 0.192. The Kier molecular flexibility index (Phi) is 3.24. The molecule has 0 bridgehead atoms. The number of rotatable bonds is 2. The number of furan rings is 1. The Labute approximate surface area is 120 Å². The molecule has 0 fully saturated rings. The summed E-state index contributed by atoms with van der Waals surface area (Å²) in [6, 6.07) is 11.6. The summed E-state index contributed by atoms with van der Waals surface area (Å²) < 4.78 is 18.9. The van der Waals surface area contributed by atoms with Crippen LogP contribution in [0.25, 0.3) is 11.0 Å². The van der Waals surface area contributed by atoms with Crippen molar-refractivity contribution in [3.63, 3.8) is 0 Å². The van der Waals surface area contributed by atoms with Gasteiger partial charge in [-0.1, -0.05) is 35.9 Å². The highest BCUT2D eigenvalue weighted by atomic mass is 35.5. The Morgan fingerprint density at radius 3 is 2.70 bits per heavy atom. The monoisotopic (exact) mass is 290 g/mol. The summed E-state index contributed by atoms with van der Waals surface area (Å²) in [7, 11) is 0. The van der Waals surface area contributed by atoms with Crippen molar-refractivity contribution < 1.29 is 13.9 Å². The molecule has 0 aliphatic rings. The van der Waals surface area contributed by atoms with Gasteiger partial charge in [-0.2, -0.15) is 0 Å². The highest BCUT2D eigenvalue weighted by Crippen LogP contribution is 2.32. The molecule has 0 spiro atoms. The molecule has 1 unspecified atom stereocenters. The fourth-order valence-corrected chi connectivity index (χ4v) is 2.40. The van der Waals surface area contributed by atoms with Gasteiger partial charge in [0.2, 0.25) is 0 Å². The smallest absolute Gasteiger partial charge is 0.153 e. The Morgan fingerprint density at radius 2 is 2.00 bits per heavy atom. The molecule has 2 nitrogen and oxygen atoms in total. The molecular formula is C16H12ClFO2. The van der Waals surface area contributed by atoms with E-state index in [0.717, 1.165) is 5.39 Å². The van der Waals surface area contributed by atoms with Crippen LogP contribution in [0.2, 0.25) is 5.02 Å². The normalized spacial score (nSPS) is 12.8. The van der Waals surface area contributed by atoms with Gasteiger partial charge >= 0.3 is 0 Å². The lowest BCUT2D eigenvalue weighted by Crippen LogP contribution is -1.99. The van der Waals surface area contributed by atoms with Gasteiger partial charge in [0, 0.05) is 5.39 Å². The van der Waals surface area contributed by atoms with Crippen LogP contribution in [0, 0.1) is 12.7 Å². The first-order chi connectivity index (χ1) is 9.56. The van der Waals surface area contributed by atoms with Gasteiger partial charge in [-0.05, 0) is 36.2 Å². The van der Waals surface area contributed by atoms with Crippen LogP contribution in [0.5, 0.6) is 0 Å². The molecule has 1 aromatic heterocycles. The van der Waals surface area contributed by atoms with Crippen molar-refractivity contribution in [2.24, 2.45) is 0 Å². The van der Waals surface area contributed by atoms with Gasteiger partial charge in [0.1, 0.15) is 17.7 Å². The van der Waals surface area contributed by atoms with Gasteiger partial charge in [-0.15, -0.1) is 0 Å². The fraction of sp³-hybridized carbons (Fsp3) is 0.125. The highest BCUT2D eigenvalue weighted by molar-refractivity contribution is 6.34. The van der Waals surface area contributed by atoms with Gasteiger partial charge < -0.3 is 9.52 Å². The quantitative estimate of drug-likeness (QED) is 0.747. The number of benzene rings is 2. The molecule has 0 aliphatic heterocycles. The van der Waals surface area contributed by atoms with E-state index in [-0.39, 0.29) is 5.82 Å². The van der Waals surface area contributed by atoms with E-state index in [9.17, 15) is 9.50 Å². The number of para-hydroxylation sites is 1. The standard InChI is InChI=1S/C16H12ClFO2/c1-9-7-10(5-6-13(9)18)15(19)14-8-11-3-2-4-12(17)16(11)20-14/h2-8,15,19H,1H3. The third-order valence-corrected chi connectivity index (χ3v) is 3.58. The minimum Gasteiger partial charge on any atom is -0.456 e. The molecule has 0 amide bonds. The first kappa shape index (κ1) is 13.2. The Bertz CT molecular complexity index is 779. The van der Waals surface area contributed by atoms with Crippen molar-refractivity contribution in [2.45, 2.75) is 13.0 Å². The molecule has 2 aromatic carbocycles. The van der Waals surface area contributed by atoms with Crippen LogP contribution >= 0.6 is 11.6 Å². The van der Waals surface area contributed by atoms with E-state index in [2.05, 4.69) is 0 Å². The second-order valence-corrected chi connectivity index (χ2v) is 5.13. The summed E-state index contributed by atoms with van der Waals surface area (Å²) in [6.07, 6.45) is -0.947. The number of halogens is 2. The topological polar surface area (TPSA) is 33.4 Å². The zero-order valence-electron chi connectivity index (χ0n) is 10.7. The summed E-state index contributed by atoms with van der Waals surface area (Å²) in [4.78, 5) is 0. The molecule has 3 aromatic rings. The van der Waals surface area contributed by atoms with E-state index in [1.165, 1.54) is 6.07 Å². The number of aliphatic hydroxyl groups excluding tert-OH is 1. The van der Waals surface area contributed by atoms with Gasteiger partial charge in [0.15, 0.2) is 5.58 Å². The third-order valence-electron chi connectivity index (χ3n) is 3.28. The number of hydrogen-bond acceptors (Lipinski definition) is 2. The number of fused-ring (bicyclic) bond motifs is 1. The van der Waals surface area contributed by atoms with Crippen LogP contribution < -0.4 is 0 Å². The first-order valence-corrected chi connectivity index (χ1v) is 6.56. The van der Waals surface area contributed by atoms with Gasteiger partial charge in [-0.25, -0.2) is 4.39 Å². The maximum Gasteiger partial charge on any atom is 0.153 e. The van der Waals surface area contributed by atoms with Crippen LogP contribution in [-0.2, 0) is 0 Å². The van der Waals surface area contributed by atoms with Crippen molar-refractivity contribution in [1.82, 2.24) is 0 Å². The Hall–Kier alpha value is -1.84. The average Bonchev–Trinajstić information content (AvgIpc) is 2.86. The summed E-state index contributed by atoms with van der Waals surface area (Å²) in [5.41, 5.74) is 1.61. The van der Waals surface area contributed by atoms with Crippen molar-refractivity contribution in [3.8, 4) is 0 Å². The molecule has 3 rings (SSSR count). The molecule has 0 saturated carbocycles. The predicted molar refractivity (Wildman–Crippen MR) is 76.4 cm³/mol. The molecular weight excluding hydrogens is 279 g/mol. The van der Waals surface area contributed by atoms with Crippen LogP contribution in [0.1, 0.15) is 23.0 Å². The predicted octanol–water partition coefficient (Wildman–Crippen LogP) is 4.62. The molecule has 20 heavy (non-hydrogen) atoms. The molecule has 1 heterocycles. The maximum absolute atomic E-state index is 13.3. The van der Waals surface area contributed by atoms with Crippen molar-refractivity contribution in [2.75, 3.05) is 0 Å². The highest BCUT2D eigenvalue weighted by Gasteiger charge is 2.17. The van der Waals surface area contributed by atoms with Gasteiger partial charge in [-0.3, -0.25) is 0 Å². The number of aryl methyl sites for hydroxylation is 1. The van der Waals surface area contributed by atoms with Crippen LogP contribution in [0.4, 0.5) is 4.39 Å². The summed E-state index contributed by atoms with van der Waals surface area (Å²) >= 11 is 6.04. The molecule has 102 valence electrons. The van der Waals surface area contributed by atoms with Crippen molar-refractivity contribution in [3.05, 3.63) is 70.2 Å². The second-order valence-electron chi connectivity index (χ2n) is 4.72. The molecule has 1 N–H and O–H groups in total. The van der Waals surface area contributed by atoms with Crippen LogP contribution in [-0.4, -0.2) is 5.11 Å². The van der Waals surface area contributed by atoms with E-state index in [0.29, 0.717) is 27.5 Å². The van der Waals surface area contributed by atoms with Gasteiger partial charge in [0.05, 0.1) is 5.02 Å². The maximum atomic E-state index is 13.3. The lowest BCUT2D eigenvalue weighted by atomic mass is 10.0. The summed E-state index contributed by atoms with van der Waals surface area (Å²) in [5, 5.41) is 11.7. The van der Waals surface area contributed by atoms with E-state index >= 15 is 0 Å². The molecule has 0 aliphatic carbocycles. The van der Waals surface area contributed by atoms with E-state index in [4.69, 9.17) is 16.0 Å². The molecule has 0 saturated heterocycles. The van der Waals surface area contributed by atoms with E-state index < -0.39 is 6.10 Å². The molecule has 0 radical (unpaired) electrons. The van der Waals surface area contributed by atoms with Crippen LogP contribution in [0.15, 0.2) is 46.9 Å². The zero-order chi connectivity index (χ0) is 14.3. The second kappa shape index (κ2) is 4.93.